The smallest absolute Gasteiger partial charge is 0.0455 e. The maximum Gasteiger partial charge on any atom is 0.0455 e. The Morgan fingerprint density at radius 2 is 0.567 bits per heavy atom. The van der Waals surface area contributed by atoms with Gasteiger partial charge in [-0.3, -0.25) is 0 Å². The molecule has 0 atom stereocenters. The van der Waals surface area contributed by atoms with E-state index < -0.39 is 0 Å². The zero-order chi connectivity index (χ0) is 40.4. The van der Waals surface area contributed by atoms with Crippen molar-refractivity contribution in [1.82, 2.24) is 0 Å². The first-order chi connectivity index (χ1) is 29.7. The molecule has 0 N–H and O–H groups in total. The van der Waals surface area contributed by atoms with E-state index in [0.717, 1.165) is 35.6 Å². The number of nitrogens with zero attached hydrogens (tertiary/aromatic N) is 2. The van der Waals surface area contributed by atoms with Crippen LogP contribution in [-0.4, -0.2) is 0 Å². The lowest BCUT2D eigenvalue weighted by Gasteiger charge is -2.39. The van der Waals surface area contributed by atoms with E-state index in [1.807, 2.05) is 0 Å². The van der Waals surface area contributed by atoms with Crippen molar-refractivity contribution in [2.24, 2.45) is 0 Å². The highest BCUT2D eigenvalue weighted by Crippen LogP contribution is 2.46. The Morgan fingerprint density at radius 1 is 0.300 bits per heavy atom. The van der Waals surface area contributed by atoms with E-state index in [0.29, 0.717) is 0 Å². The minimum atomic E-state index is -0.0609. The monoisotopic (exact) mass is 774 g/mol. The van der Waals surface area contributed by atoms with Gasteiger partial charge in [-0.25, -0.2) is 0 Å². The average molecular weight is 775 g/mol. The van der Waals surface area contributed by atoms with E-state index in [2.05, 4.69) is 253 Å². The zero-order valence-corrected chi connectivity index (χ0v) is 34.0. The molecular weight excluding hydrogens is 725 g/mol. The second kappa shape index (κ2) is 18.2. The van der Waals surface area contributed by atoms with Crippen LogP contribution in [0.3, 0.4) is 0 Å². The van der Waals surface area contributed by atoms with Crippen LogP contribution in [0.4, 0.5) is 22.7 Å². The molecule has 0 radical (unpaired) electrons. The molecule has 0 heterocycles. The van der Waals surface area contributed by atoms with Crippen molar-refractivity contribution < 1.29 is 0 Å². The van der Waals surface area contributed by atoms with E-state index in [4.69, 9.17) is 0 Å². The lowest BCUT2D eigenvalue weighted by Crippen LogP contribution is -2.30. The molecule has 0 spiro atoms. The van der Waals surface area contributed by atoms with Crippen molar-refractivity contribution in [2.75, 3.05) is 9.80 Å². The fraction of sp³-hybridized carbons (Fsp3) is 0.103. The molecular formula is C58H50N2. The minimum absolute atomic E-state index is 0.0609. The summed E-state index contributed by atoms with van der Waals surface area (Å²) in [7, 11) is 0. The van der Waals surface area contributed by atoms with Gasteiger partial charge in [0, 0.05) is 51.7 Å². The van der Waals surface area contributed by atoms with Gasteiger partial charge in [-0.1, -0.05) is 201 Å². The van der Waals surface area contributed by atoms with Gasteiger partial charge in [-0.05, 0) is 94.8 Å². The third kappa shape index (κ3) is 8.37. The van der Waals surface area contributed by atoms with E-state index in [9.17, 15) is 0 Å². The van der Waals surface area contributed by atoms with Crippen LogP contribution in [0, 0.1) is 0 Å². The Morgan fingerprint density at radius 3 is 0.867 bits per heavy atom. The first kappa shape index (κ1) is 38.4. The molecule has 2 heteroatoms. The Balaban J connectivity index is 1.10. The van der Waals surface area contributed by atoms with Gasteiger partial charge in [0.25, 0.3) is 0 Å². The third-order valence-corrected chi connectivity index (χ3v) is 12.0. The number of anilines is 4. The topological polar surface area (TPSA) is 6.48 Å². The summed E-state index contributed by atoms with van der Waals surface area (Å²) in [6, 6.07) is 83.2. The fourth-order valence-electron chi connectivity index (χ4n) is 8.92. The molecule has 1 fully saturated rings. The summed E-state index contributed by atoms with van der Waals surface area (Å²) in [5.74, 6) is 0. The number of hydrogen-bond acceptors (Lipinski definition) is 2. The summed E-state index contributed by atoms with van der Waals surface area (Å²) >= 11 is 0. The van der Waals surface area contributed by atoms with Crippen LogP contribution in [-0.2, 0) is 5.41 Å². The van der Waals surface area contributed by atoms with Crippen molar-refractivity contribution in [3.63, 3.8) is 0 Å². The zero-order valence-electron chi connectivity index (χ0n) is 34.0. The van der Waals surface area contributed by atoms with Gasteiger partial charge in [0.05, 0.1) is 0 Å². The molecule has 0 unspecified atom stereocenters. The molecule has 9 rings (SSSR count). The standard InChI is InChI=1S/C58H50N2/c1-8-22-46(23-9-1)56(47-24-10-2-11-25-47)44-59(52-30-16-5-17-31-52)54-38-34-50(35-39-54)58(42-20-7-21-43-58)51-36-40-55(41-37-51)60(53-32-18-6-19-33-53)45-57(48-26-12-3-13-27-48)49-28-14-4-15-29-49/h1-6,8-19,22-41,44-45H,7,20-21,42-43H2. The van der Waals surface area contributed by atoms with Gasteiger partial charge >= 0.3 is 0 Å². The second-order valence-electron chi connectivity index (χ2n) is 15.7. The molecule has 0 aromatic heterocycles. The molecule has 2 nitrogen and oxygen atoms in total. The maximum atomic E-state index is 2.40. The molecule has 1 aliphatic carbocycles. The fourth-order valence-corrected chi connectivity index (χ4v) is 8.92. The van der Waals surface area contributed by atoms with Crippen LogP contribution in [0.15, 0.2) is 243 Å². The van der Waals surface area contributed by atoms with Gasteiger partial charge in [0.2, 0.25) is 0 Å². The molecule has 60 heavy (non-hydrogen) atoms. The van der Waals surface area contributed by atoms with Crippen molar-refractivity contribution in [1.29, 1.82) is 0 Å². The van der Waals surface area contributed by atoms with Gasteiger partial charge < -0.3 is 9.80 Å². The predicted molar refractivity (Wildman–Crippen MR) is 254 cm³/mol. The molecule has 8 aromatic carbocycles. The Bertz CT molecular complexity index is 2350. The second-order valence-corrected chi connectivity index (χ2v) is 15.7. The first-order valence-electron chi connectivity index (χ1n) is 21.3. The van der Waals surface area contributed by atoms with E-state index in [1.165, 1.54) is 63.8 Å². The van der Waals surface area contributed by atoms with Gasteiger partial charge in [-0.2, -0.15) is 0 Å². The number of benzene rings is 8. The van der Waals surface area contributed by atoms with Crippen molar-refractivity contribution in [3.05, 3.63) is 276 Å². The molecule has 0 aliphatic heterocycles. The predicted octanol–water partition coefficient (Wildman–Crippen LogP) is 15.4. The molecule has 1 aliphatic rings. The van der Waals surface area contributed by atoms with Crippen LogP contribution < -0.4 is 9.80 Å². The summed E-state index contributed by atoms with van der Waals surface area (Å²) in [5, 5.41) is 0. The molecule has 0 saturated heterocycles. The maximum absolute atomic E-state index is 2.40. The SMILES string of the molecule is C(=C(c1ccccc1)c1ccccc1)N(c1ccccc1)c1ccc(C2(c3ccc(N(C=C(c4ccccc4)c4ccccc4)c4ccccc4)cc3)CCCCC2)cc1. The highest BCUT2D eigenvalue weighted by Gasteiger charge is 2.36. The third-order valence-electron chi connectivity index (χ3n) is 12.0. The average Bonchev–Trinajstić information content (AvgIpc) is 3.34. The van der Waals surface area contributed by atoms with Crippen LogP contribution in [0.25, 0.3) is 11.1 Å². The minimum Gasteiger partial charge on any atom is -0.317 e. The lowest BCUT2D eigenvalue weighted by atomic mass is 9.65. The Kier molecular flexibility index (Phi) is 11.6. The molecule has 292 valence electrons. The summed E-state index contributed by atoms with van der Waals surface area (Å²) in [4.78, 5) is 4.68. The molecule has 0 bridgehead atoms. The van der Waals surface area contributed by atoms with E-state index >= 15 is 0 Å². The summed E-state index contributed by atoms with van der Waals surface area (Å²) in [6.07, 6.45) is 10.6. The number of rotatable bonds is 12. The lowest BCUT2D eigenvalue weighted by molar-refractivity contribution is 0.346. The molecule has 0 amide bonds. The molecule has 1 saturated carbocycles. The van der Waals surface area contributed by atoms with E-state index in [-0.39, 0.29) is 5.41 Å². The summed E-state index contributed by atoms with van der Waals surface area (Å²) in [5.41, 5.74) is 14.3. The normalized spacial score (nSPS) is 13.1. The van der Waals surface area contributed by atoms with Crippen molar-refractivity contribution >= 4 is 33.9 Å². The highest BCUT2D eigenvalue weighted by molar-refractivity contribution is 5.85. The summed E-state index contributed by atoms with van der Waals surface area (Å²) in [6.45, 7) is 0. The van der Waals surface area contributed by atoms with Crippen molar-refractivity contribution in [3.8, 4) is 0 Å². The highest BCUT2D eigenvalue weighted by atomic mass is 15.1. The summed E-state index contributed by atoms with van der Waals surface area (Å²) < 4.78 is 0. The number of para-hydroxylation sites is 2. The van der Waals surface area contributed by atoms with E-state index in [1.54, 1.807) is 0 Å². The number of hydrogen-bond donors (Lipinski definition) is 0. The Hall–Kier alpha value is -7.16. The van der Waals surface area contributed by atoms with Gasteiger partial charge in [-0.15, -0.1) is 0 Å². The Labute approximate surface area is 356 Å². The van der Waals surface area contributed by atoms with Gasteiger partial charge in [0.15, 0.2) is 0 Å². The van der Waals surface area contributed by atoms with Crippen molar-refractivity contribution in [2.45, 2.75) is 37.5 Å². The largest absolute Gasteiger partial charge is 0.317 e. The van der Waals surface area contributed by atoms with Crippen LogP contribution in [0.1, 0.15) is 65.5 Å². The molecule has 8 aromatic rings. The van der Waals surface area contributed by atoms with Gasteiger partial charge in [0.1, 0.15) is 0 Å². The van der Waals surface area contributed by atoms with Crippen LogP contribution in [0.2, 0.25) is 0 Å². The van der Waals surface area contributed by atoms with Crippen LogP contribution in [0.5, 0.6) is 0 Å². The van der Waals surface area contributed by atoms with Crippen LogP contribution >= 0.6 is 0 Å². The first-order valence-corrected chi connectivity index (χ1v) is 21.3. The quantitative estimate of drug-likeness (QED) is 0.122.